The lowest BCUT2D eigenvalue weighted by Crippen LogP contribution is -2.59. The fraction of sp³-hybridized carbons (Fsp3) is 0.667. The third-order valence-corrected chi connectivity index (χ3v) is 4.93. The van der Waals surface area contributed by atoms with Gasteiger partial charge in [0.05, 0.1) is 17.5 Å². The van der Waals surface area contributed by atoms with Crippen molar-refractivity contribution in [2.75, 3.05) is 11.9 Å². The molecule has 3 unspecified atom stereocenters. The second kappa shape index (κ2) is 5.80. The maximum absolute atomic E-state index is 5.84. The van der Waals surface area contributed by atoms with Gasteiger partial charge in [-0.15, -0.1) is 0 Å². The van der Waals surface area contributed by atoms with Gasteiger partial charge in [0.15, 0.2) is 0 Å². The maximum Gasteiger partial charge on any atom is 0.106 e. The first-order chi connectivity index (χ1) is 9.01. The molecule has 0 radical (unpaired) electrons. The van der Waals surface area contributed by atoms with E-state index in [0.717, 1.165) is 35.4 Å². The zero-order chi connectivity index (χ0) is 14.0. The monoisotopic (exact) mass is 326 g/mol. The molecule has 3 nitrogen and oxygen atoms in total. The van der Waals surface area contributed by atoms with Gasteiger partial charge in [-0.1, -0.05) is 13.8 Å². The van der Waals surface area contributed by atoms with Gasteiger partial charge in [0.2, 0.25) is 0 Å². The van der Waals surface area contributed by atoms with Crippen LogP contribution in [0.25, 0.3) is 0 Å². The molecule has 19 heavy (non-hydrogen) atoms. The minimum absolute atomic E-state index is 0.218. The van der Waals surface area contributed by atoms with E-state index in [0.29, 0.717) is 12.1 Å². The average Bonchev–Trinajstić information content (AvgIpc) is 2.39. The molecular formula is C15H23BrN2O. The van der Waals surface area contributed by atoms with Crippen molar-refractivity contribution < 1.29 is 4.74 Å². The molecule has 2 rings (SSSR count). The number of anilines is 1. The first kappa shape index (κ1) is 14.8. The van der Waals surface area contributed by atoms with Gasteiger partial charge in [-0.2, -0.15) is 0 Å². The summed E-state index contributed by atoms with van der Waals surface area (Å²) in [6.45, 7) is 9.46. The Morgan fingerprint density at radius 3 is 2.79 bits per heavy atom. The minimum atomic E-state index is 0.218. The Labute approximate surface area is 124 Å². The van der Waals surface area contributed by atoms with Crippen molar-refractivity contribution in [2.45, 2.75) is 52.7 Å². The highest BCUT2D eigenvalue weighted by Gasteiger charge is 2.51. The normalized spacial score (nSPS) is 29.9. The molecule has 1 saturated carbocycles. The molecule has 0 amide bonds. The molecule has 4 heteroatoms. The molecule has 0 aromatic carbocycles. The van der Waals surface area contributed by atoms with Crippen LogP contribution in [0.1, 0.15) is 39.3 Å². The molecule has 106 valence electrons. The molecule has 0 bridgehead atoms. The minimum Gasteiger partial charge on any atom is -0.380 e. The predicted molar refractivity (Wildman–Crippen MR) is 82.5 cm³/mol. The van der Waals surface area contributed by atoms with Crippen LogP contribution in [0.4, 0.5) is 5.69 Å². The van der Waals surface area contributed by atoms with E-state index in [1.165, 1.54) is 0 Å². The number of aromatic nitrogens is 1. The summed E-state index contributed by atoms with van der Waals surface area (Å²) in [5, 5.41) is 3.64. The van der Waals surface area contributed by atoms with Gasteiger partial charge in [-0.3, -0.25) is 0 Å². The highest BCUT2D eigenvalue weighted by Crippen LogP contribution is 2.47. The molecule has 1 N–H and O–H groups in total. The lowest BCUT2D eigenvalue weighted by Gasteiger charge is -2.54. The van der Waals surface area contributed by atoms with Crippen LogP contribution in [0.3, 0.4) is 0 Å². The molecule has 1 aromatic rings. The Bertz CT molecular complexity index is 452. The number of pyridine rings is 1. The summed E-state index contributed by atoms with van der Waals surface area (Å²) in [6, 6.07) is 4.55. The zero-order valence-electron chi connectivity index (χ0n) is 12.2. The van der Waals surface area contributed by atoms with E-state index in [4.69, 9.17) is 4.74 Å². The van der Waals surface area contributed by atoms with Crippen LogP contribution in [0.15, 0.2) is 16.7 Å². The van der Waals surface area contributed by atoms with Crippen molar-refractivity contribution in [1.82, 2.24) is 4.98 Å². The van der Waals surface area contributed by atoms with Crippen molar-refractivity contribution in [3.63, 3.8) is 0 Å². The predicted octanol–water partition coefficient (Wildman–Crippen LogP) is 4.16. The number of nitrogens with one attached hydrogen (secondary N) is 1. The van der Waals surface area contributed by atoms with Gasteiger partial charge < -0.3 is 10.1 Å². The Balaban J connectivity index is 2.08. The summed E-state index contributed by atoms with van der Waals surface area (Å²) in [7, 11) is 0. The number of rotatable bonds is 5. The second-order valence-corrected chi connectivity index (χ2v) is 6.32. The Morgan fingerprint density at radius 1 is 1.47 bits per heavy atom. The second-order valence-electron chi connectivity index (χ2n) is 5.50. The lowest BCUT2D eigenvalue weighted by atomic mass is 9.61. The number of halogens is 1. The number of hydrogen-bond donors (Lipinski definition) is 1. The topological polar surface area (TPSA) is 34.1 Å². The van der Waals surface area contributed by atoms with Gasteiger partial charge in [0.1, 0.15) is 4.60 Å². The van der Waals surface area contributed by atoms with E-state index in [2.05, 4.69) is 53.1 Å². The van der Waals surface area contributed by atoms with E-state index in [1.54, 1.807) is 0 Å². The van der Waals surface area contributed by atoms with Crippen LogP contribution in [0.2, 0.25) is 0 Å². The molecular weight excluding hydrogens is 304 g/mol. The fourth-order valence-electron chi connectivity index (χ4n) is 2.84. The van der Waals surface area contributed by atoms with Gasteiger partial charge in [0.25, 0.3) is 0 Å². The number of nitrogens with zero attached hydrogens (tertiary/aromatic N) is 1. The smallest absolute Gasteiger partial charge is 0.106 e. The van der Waals surface area contributed by atoms with Crippen molar-refractivity contribution in [3.05, 3.63) is 22.4 Å². The maximum atomic E-state index is 5.84. The summed E-state index contributed by atoms with van der Waals surface area (Å²) in [6.07, 6.45) is 2.58. The van der Waals surface area contributed by atoms with Crippen molar-refractivity contribution in [1.29, 1.82) is 0 Å². The van der Waals surface area contributed by atoms with Gasteiger partial charge in [-0.25, -0.2) is 4.98 Å². The Kier molecular flexibility index (Phi) is 4.51. The van der Waals surface area contributed by atoms with E-state index in [-0.39, 0.29) is 5.41 Å². The van der Waals surface area contributed by atoms with E-state index in [1.807, 2.05) is 13.0 Å². The Morgan fingerprint density at radius 2 is 2.21 bits per heavy atom. The zero-order valence-corrected chi connectivity index (χ0v) is 13.8. The lowest BCUT2D eigenvalue weighted by molar-refractivity contribution is -0.109. The first-order valence-corrected chi connectivity index (χ1v) is 7.81. The summed E-state index contributed by atoms with van der Waals surface area (Å²) >= 11 is 3.40. The van der Waals surface area contributed by atoms with E-state index in [9.17, 15) is 0 Å². The summed E-state index contributed by atoms with van der Waals surface area (Å²) in [4.78, 5) is 4.44. The molecule has 1 aliphatic carbocycles. The van der Waals surface area contributed by atoms with Crippen LogP contribution < -0.4 is 5.32 Å². The van der Waals surface area contributed by atoms with Crippen molar-refractivity contribution in [3.8, 4) is 0 Å². The molecule has 1 aliphatic rings. The van der Waals surface area contributed by atoms with Crippen LogP contribution in [0, 0.1) is 12.3 Å². The van der Waals surface area contributed by atoms with Crippen molar-refractivity contribution >= 4 is 21.6 Å². The quantitative estimate of drug-likeness (QED) is 0.825. The summed E-state index contributed by atoms with van der Waals surface area (Å²) < 4.78 is 6.72. The fourth-order valence-corrected chi connectivity index (χ4v) is 3.24. The van der Waals surface area contributed by atoms with Crippen LogP contribution in [-0.2, 0) is 4.74 Å². The molecule has 0 saturated heterocycles. The Hall–Kier alpha value is -0.610. The van der Waals surface area contributed by atoms with Crippen LogP contribution >= 0.6 is 15.9 Å². The highest BCUT2D eigenvalue weighted by molar-refractivity contribution is 9.10. The van der Waals surface area contributed by atoms with E-state index >= 15 is 0 Å². The molecule has 0 spiro atoms. The summed E-state index contributed by atoms with van der Waals surface area (Å²) in [5.74, 6) is 0. The van der Waals surface area contributed by atoms with Crippen molar-refractivity contribution in [2.24, 2.45) is 5.41 Å². The number of aryl methyl sites for hydroxylation is 1. The molecule has 1 aromatic heterocycles. The highest BCUT2D eigenvalue weighted by atomic mass is 79.9. The molecule has 3 atom stereocenters. The molecule has 1 heterocycles. The average molecular weight is 327 g/mol. The molecule has 1 fully saturated rings. The summed E-state index contributed by atoms with van der Waals surface area (Å²) in [5.41, 5.74) is 2.38. The standard InChI is InChI=1S/C15H23BrN2O/c1-5-15(4)12(9-13(15)19-6-2)18-11-7-8-14(16)17-10(11)3/h7-8,12-13,18H,5-6,9H2,1-4H3. The van der Waals surface area contributed by atoms with Crippen LogP contribution in [0.5, 0.6) is 0 Å². The number of hydrogen-bond acceptors (Lipinski definition) is 3. The van der Waals surface area contributed by atoms with E-state index < -0.39 is 0 Å². The third kappa shape index (κ3) is 2.79. The van der Waals surface area contributed by atoms with Gasteiger partial charge in [-0.05, 0) is 54.8 Å². The first-order valence-electron chi connectivity index (χ1n) is 7.02. The van der Waals surface area contributed by atoms with Gasteiger partial charge >= 0.3 is 0 Å². The largest absolute Gasteiger partial charge is 0.380 e. The third-order valence-electron chi connectivity index (χ3n) is 4.49. The van der Waals surface area contributed by atoms with Crippen LogP contribution in [-0.4, -0.2) is 23.7 Å². The molecule has 0 aliphatic heterocycles. The number of ether oxygens (including phenoxy) is 1. The SMILES string of the molecule is CCOC1CC(Nc2ccc(Br)nc2C)C1(C)CC. The van der Waals surface area contributed by atoms with Gasteiger partial charge in [0, 0.05) is 18.1 Å².